The van der Waals surface area contributed by atoms with Gasteiger partial charge in [0.15, 0.2) is 5.17 Å². The average molecular weight is 471 g/mol. The molecule has 0 radical (unpaired) electrons. The fourth-order valence-electron chi connectivity index (χ4n) is 2.93. The average Bonchev–Trinajstić information content (AvgIpc) is 3.28. The second kappa shape index (κ2) is 10.5. The predicted octanol–water partition coefficient (Wildman–Crippen LogP) is 4.05. The van der Waals surface area contributed by atoms with Gasteiger partial charge in [0.05, 0.1) is 16.3 Å². The molecule has 10 heteroatoms. The van der Waals surface area contributed by atoms with Crippen LogP contribution in [0.25, 0.3) is 0 Å². The smallest absolute Gasteiger partial charge is 0.233 e. The van der Waals surface area contributed by atoms with E-state index in [1.54, 1.807) is 35.2 Å². The van der Waals surface area contributed by atoms with Crippen LogP contribution in [-0.2, 0) is 4.79 Å². The van der Waals surface area contributed by atoms with Crippen molar-refractivity contribution < 1.29 is 9.18 Å². The molecule has 0 N–H and O–H groups in total. The van der Waals surface area contributed by atoms with Crippen LogP contribution >= 0.6 is 47.3 Å². The molecule has 2 aromatic rings. The Labute approximate surface area is 187 Å². The molecule has 1 fully saturated rings. The van der Waals surface area contributed by atoms with Crippen LogP contribution < -0.4 is 0 Å². The molecule has 154 valence electrons. The molecule has 0 saturated carbocycles. The van der Waals surface area contributed by atoms with E-state index >= 15 is 0 Å². The van der Waals surface area contributed by atoms with Gasteiger partial charge in [-0.05, 0) is 35.7 Å². The number of thioether (sulfide) groups is 2. The fraction of sp³-hybridized carbons (Fsp3) is 0.316. The van der Waals surface area contributed by atoms with Crippen molar-refractivity contribution in [2.45, 2.75) is 4.90 Å². The highest BCUT2D eigenvalue weighted by Gasteiger charge is 2.25. The molecule has 0 bridgehead atoms. The number of hydrogen-bond donors (Lipinski definition) is 0. The Balaban J connectivity index is 0.00000240. The first kappa shape index (κ1) is 22.1. The Morgan fingerprint density at radius 3 is 2.48 bits per heavy atom. The van der Waals surface area contributed by atoms with Crippen LogP contribution in [0.4, 0.5) is 4.39 Å². The monoisotopic (exact) mass is 470 g/mol. The fourth-order valence-corrected chi connectivity index (χ4v) is 5.47. The Morgan fingerprint density at radius 2 is 1.86 bits per heavy atom. The first-order chi connectivity index (χ1) is 13.7. The van der Waals surface area contributed by atoms with Crippen LogP contribution in [0.5, 0.6) is 0 Å². The SMILES string of the molecule is Cl.O=C(CSc1ccc(F)cc1)N1CCN(C2=NN=C(c3cccs3)CS2)CC1. The lowest BCUT2D eigenvalue weighted by atomic mass is 10.3. The minimum atomic E-state index is -0.262. The molecule has 29 heavy (non-hydrogen) atoms. The standard InChI is InChI=1S/C19H19FN4OS3.ClH/c20-14-3-5-15(6-4-14)27-13-18(25)23-7-9-24(10-8-23)19-22-21-16(12-28-19)17-2-1-11-26-17;/h1-6,11H,7-10,12-13H2;1H. The summed E-state index contributed by atoms with van der Waals surface area (Å²) in [7, 11) is 0. The van der Waals surface area contributed by atoms with Gasteiger partial charge in [-0.1, -0.05) is 17.8 Å². The molecule has 5 nitrogen and oxygen atoms in total. The van der Waals surface area contributed by atoms with Gasteiger partial charge in [-0.25, -0.2) is 4.39 Å². The predicted molar refractivity (Wildman–Crippen MR) is 123 cm³/mol. The molecule has 1 aromatic heterocycles. The number of amidine groups is 1. The molecule has 2 aliphatic heterocycles. The topological polar surface area (TPSA) is 48.3 Å². The number of amides is 1. The summed E-state index contributed by atoms with van der Waals surface area (Å²) in [5, 5.41) is 11.8. The Hall–Kier alpha value is -1.55. The lowest BCUT2D eigenvalue weighted by Crippen LogP contribution is -2.50. The first-order valence-corrected chi connectivity index (χ1v) is 11.8. The zero-order valence-electron chi connectivity index (χ0n) is 15.5. The summed E-state index contributed by atoms with van der Waals surface area (Å²) in [5.41, 5.74) is 1.02. The summed E-state index contributed by atoms with van der Waals surface area (Å²) in [6.07, 6.45) is 0. The summed E-state index contributed by atoms with van der Waals surface area (Å²) >= 11 is 4.83. The van der Waals surface area contributed by atoms with E-state index in [9.17, 15) is 9.18 Å². The third-order valence-corrected chi connectivity index (χ3v) is 7.41. The van der Waals surface area contributed by atoms with Crippen molar-refractivity contribution in [3.8, 4) is 0 Å². The van der Waals surface area contributed by atoms with Crippen molar-refractivity contribution >= 4 is 64.1 Å². The molecule has 0 unspecified atom stereocenters. The highest BCUT2D eigenvalue weighted by Crippen LogP contribution is 2.22. The van der Waals surface area contributed by atoms with Gasteiger partial charge in [0.1, 0.15) is 5.82 Å². The van der Waals surface area contributed by atoms with Gasteiger partial charge in [0, 0.05) is 36.8 Å². The van der Waals surface area contributed by atoms with Crippen LogP contribution in [0.3, 0.4) is 0 Å². The molecule has 1 aromatic carbocycles. The summed E-state index contributed by atoms with van der Waals surface area (Å²) in [6.45, 7) is 2.90. The van der Waals surface area contributed by atoms with Crippen molar-refractivity contribution in [3.63, 3.8) is 0 Å². The number of piperazine rings is 1. The van der Waals surface area contributed by atoms with Crippen molar-refractivity contribution in [2.24, 2.45) is 10.2 Å². The van der Waals surface area contributed by atoms with Crippen LogP contribution in [-0.4, -0.2) is 64.3 Å². The number of hydrogen-bond acceptors (Lipinski definition) is 7. The molecule has 1 amide bonds. The van der Waals surface area contributed by atoms with Crippen LogP contribution in [0, 0.1) is 5.82 Å². The Morgan fingerprint density at radius 1 is 1.10 bits per heavy atom. The maximum Gasteiger partial charge on any atom is 0.233 e. The molecule has 0 aliphatic carbocycles. The molecule has 0 spiro atoms. The number of carbonyl (C=O) groups is 1. The van der Waals surface area contributed by atoms with Crippen molar-refractivity contribution in [1.29, 1.82) is 0 Å². The summed E-state index contributed by atoms with van der Waals surface area (Å²) in [6, 6.07) is 10.3. The Bertz CT molecular complexity index is 881. The number of benzene rings is 1. The lowest BCUT2D eigenvalue weighted by molar-refractivity contribution is -0.129. The normalized spacial score (nSPS) is 16.7. The summed E-state index contributed by atoms with van der Waals surface area (Å²) in [4.78, 5) is 18.6. The Kier molecular flexibility index (Phi) is 7.99. The van der Waals surface area contributed by atoms with Crippen molar-refractivity contribution in [3.05, 3.63) is 52.5 Å². The van der Waals surface area contributed by atoms with Gasteiger partial charge in [-0.3, -0.25) is 4.79 Å². The summed E-state index contributed by atoms with van der Waals surface area (Å²) in [5.74, 6) is 1.05. The molecule has 3 heterocycles. The number of thiophene rings is 1. The van der Waals surface area contributed by atoms with E-state index in [2.05, 4.69) is 21.2 Å². The maximum absolute atomic E-state index is 13.0. The molecular weight excluding hydrogens is 451 g/mol. The highest BCUT2D eigenvalue weighted by molar-refractivity contribution is 8.14. The van der Waals surface area contributed by atoms with E-state index in [-0.39, 0.29) is 24.1 Å². The molecule has 2 aliphatic rings. The number of halogens is 2. The van der Waals surface area contributed by atoms with E-state index in [4.69, 9.17) is 0 Å². The van der Waals surface area contributed by atoms with Gasteiger partial charge in [0.25, 0.3) is 0 Å². The number of carbonyl (C=O) groups excluding carboxylic acids is 1. The van der Waals surface area contributed by atoms with Crippen LogP contribution in [0.15, 0.2) is 56.9 Å². The van der Waals surface area contributed by atoms with Crippen molar-refractivity contribution in [2.75, 3.05) is 37.7 Å². The summed E-state index contributed by atoms with van der Waals surface area (Å²) < 4.78 is 13.0. The minimum absolute atomic E-state index is 0. The van der Waals surface area contributed by atoms with Gasteiger partial charge < -0.3 is 9.80 Å². The second-order valence-electron chi connectivity index (χ2n) is 6.31. The maximum atomic E-state index is 13.0. The largest absolute Gasteiger partial charge is 0.346 e. The van der Waals surface area contributed by atoms with Gasteiger partial charge in [-0.2, -0.15) is 5.10 Å². The quantitative estimate of drug-likeness (QED) is 0.632. The zero-order valence-corrected chi connectivity index (χ0v) is 18.8. The lowest BCUT2D eigenvalue weighted by Gasteiger charge is -2.36. The minimum Gasteiger partial charge on any atom is -0.346 e. The van der Waals surface area contributed by atoms with Crippen LogP contribution in [0.2, 0.25) is 0 Å². The highest BCUT2D eigenvalue weighted by atomic mass is 35.5. The zero-order chi connectivity index (χ0) is 19.3. The van der Waals surface area contributed by atoms with E-state index < -0.39 is 0 Å². The van der Waals surface area contributed by atoms with Crippen molar-refractivity contribution in [1.82, 2.24) is 9.80 Å². The van der Waals surface area contributed by atoms with E-state index in [0.29, 0.717) is 18.8 Å². The number of rotatable bonds is 4. The van der Waals surface area contributed by atoms with E-state index in [1.165, 1.54) is 28.8 Å². The third-order valence-electron chi connectivity index (χ3n) is 4.48. The van der Waals surface area contributed by atoms with Crippen LogP contribution in [0.1, 0.15) is 4.88 Å². The molecule has 1 saturated heterocycles. The molecule has 0 atom stereocenters. The van der Waals surface area contributed by atoms with Gasteiger partial charge in [0.2, 0.25) is 5.91 Å². The van der Waals surface area contributed by atoms with Gasteiger partial charge >= 0.3 is 0 Å². The molecular formula is C19H20ClFN4OS3. The number of nitrogens with zero attached hydrogens (tertiary/aromatic N) is 4. The second-order valence-corrected chi connectivity index (χ2v) is 9.24. The van der Waals surface area contributed by atoms with E-state index in [1.807, 2.05) is 16.3 Å². The van der Waals surface area contributed by atoms with Gasteiger partial charge in [-0.15, -0.1) is 40.6 Å². The first-order valence-electron chi connectivity index (χ1n) is 8.91. The molecule has 4 rings (SSSR count). The van der Waals surface area contributed by atoms with E-state index in [0.717, 1.165) is 34.6 Å². The third kappa shape index (κ3) is 5.75.